The van der Waals surface area contributed by atoms with Gasteiger partial charge in [-0.05, 0) is 49.2 Å². The van der Waals surface area contributed by atoms with Crippen LogP contribution in [0.5, 0.6) is 11.5 Å². The van der Waals surface area contributed by atoms with Crippen LogP contribution in [0.3, 0.4) is 0 Å². The van der Waals surface area contributed by atoms with E-state index in [4.69, 9.17) is 9.47 Å². The average Bonchev–Trinajstić information content (AvgIpc) is 2.65. The lowest BCUT2D eigenvalue weighted by atomic mass is 10.2. The van der Waals surface area contributed by atoms with Gasteiger partial charge in [-0.2, -0.15) is 0 Å². The number of halogens is 1. The maximum absolute atomic E-state index is 13.0. The number of hydrogen-bond donors (Lipinski definition) is 1. The standard InChI is InChI=1S/C20H22FNO5/c1-14-11-17(27-13-20(24)25-2)8-9-18(14)22-19(23)7-4-10-26-16-6-3-5-15(21)12-16/h3,5-6,8-9,11-12H,4,7,10,13H2,1-2H3,(H,22,23). The second kappa shape index (κ2) is 10.2. The lowest BCUT2D eigenvalue weighted by Crippen LogP contribution is -2.14. The Balaban J connectivity index is 1.75. The molecule has 0 saturated heterocycles. The van der Waals surface area contributed by atoms with Gasteiger partial charge in [0, 0.05) is 18.2 Å². The third kappa shape index (κ3) is 6.97. The summed E-state index contributed by atoms with van der Waals surface area (Å²) in [7, 11) is 1.29. The maximum Gasteiger partial charge on any atom is 0.343 e. The van der Waals surface area contributed by atoms with Crippen molar-refractivity contribution in [3.8, 4) is 11.5 Å². The number of aryl methyl sites for hydroxylation is 1. The van der Waals surface area contributed by atoms with Gasteiger partial charge in [-0.3, -0.25) is 4.79 Å². The van der Waals surface area contributed by atoms with Gasteiger partial charge in [0.1, 0.15) is 17.3 Å². The topological polar surface area (TPSA) is 73.9 Å². The van der Waals surface area contributed by atoms with Gasteiger partial charge in [0.2, 0.25) is 5.91 Å². The largest absolute Gasteiger partial charge is 0.493 e. The minimum absolute atomic E-state index is 0.149. The zero-order valence-electron chi connectivity index (χ0n) is 15.3. The zero-order chi connectivity index (χ0) is 19.6. The van der Waals surface area contributed by atoms with Crippen LogP contribution in [-0.2, 0) is 14.3 Å². The number of anilines is 1. The molecule has 0 spiro atoms. The van der Waals surface area contributed by atoms with E-state index in [0.29, 0.717) is 30.2 Å². The molecule has 2 aromatic carbocycles. The second-order valence-electron chi connectivity index (χ2n) is 5.80. The Morgan fingerprint density at radius 3 is 2.56 bits per heavy atom. The molecule has 2 aromatic rings. The Bertz CT molecular complexity index is 794. The monoisotopic (exact) mass is 375 g/mol. The number of amides is 1. The number of hydrogen-bond acceptors (Lipinski definition) is 5. The first-order valence-electron chi connectivity index (χ1n) is 8.46. The molecule has 0 aromatic heterocycles. The van der Waals surface area contributed by atoms with E-state index < -0.39 is 5.97 Å². The highest BCUT2D eigenvalue weighted by Crippen LogP contribution is 2.21. The van der Waals surface area contributed by atoms with Crippen LogP contribution in [0.4, 0.5) is 10.1 Å². The summed E-state index contributed by atoms with van der Waals surface area (Å²) in [5.74, 6) is -0.0254. The van der Waals surface area contributed by atoms with E-state index in [0.717, 1.165) is 5.56 Å². The molecule has 0 radical (unpaired) electrons. The smallest absolute Gasteiger partial charge is 0.343 e. The second-order valence-corrected chi connectivity index (χ2v) is 5.80. The fourth-order valence-corrected chi connectivity index (χ4v) is 2.26. The van der Waals surface area contributed by atoms with E-state index >= 15 is 0 Å². The van der Waals surface area contributed by atoms with Crippen LogP contribution in [0.2, 0.25) is 0 Å². The Hall–Kier alpha value is -3.09. The molecule has 1 amide bonds. The summed E-state index contributed by atoms with van der Waals surface area (Å²) in [6.07, 6.45) is 0.775. The molecule has 1 N–H and O–H groups in total. The van der Waals surface area contributed by atoms with Crippen molar-refractivity contribution >= 4 is 17.6 Å². The number of rotatable bonds is 9. The molecule has 0 bridgehead atoms. The zero-order valence-corrected chi connectivity index (χ0v) is 15.3. The van der Waals surface area contributed by atoms with Crippen molar-refractivity contribution in [3.05, 3.63) is 53.8 Å². The van der Waals surface area contributed by atoms with Gasteiger partial charge in [-0.25, -0.2) is 9.18 Å². The summed E-state index contributed by atoms with van der Waals surface area (Å²) in [6.45, 7) is 1.97. The van der Waals surface area contributed by atoms with Crippen LogP contribution in [0, 0.1) is 12.7 Å². The Morgan fingerprint density at radius 2 is 1.85 bits per heavy atom. The van der Waals surface area contributed by atoms with Crippen LogP contribution in [0.15, 0.2) is 42.5 Å². The molecular weight excluding hydrogens is 353 g/mol. The molecule has 0 unspecified atom stereocenters. The molecule has 0 fully saturated rings. The molecular formula is C20H22FNO5. The van der Waals surface area contributed by atoms with E-state index in [2.05, 4.69) is 10.1 Å². The van der Waals surface area contributed by atoms with Crippen LogP contribution >= 0.6 is 0 Å². The van der Waals surface area contributed by atoms with Crippen LogP contribution in [0.1, 0.15) is 18.4 Å². The number of carbonyl (C=O) groups excluding carboxylic acids is 2. The fraction of sp³-hybridized carbons (Fsp3) is 0.300. The maximum atomic E-state index is 13.0. The summed E-state index contributed by atoms with van der Waals surface area (Å²) in [4.78, 5) is 23.1. The van der Waals surface area contributed by atoms with Crippen molar-refractivity contribution in [1.29, 1.82) is 0 Å². The summed E-state index contributed by atoms with van der Waals surface area (Å²) in [5.41, 5.74) is 1.47. The lowest BCUT2D eigenvalue weighted by Gasteiger charge is -2.11. The van der Waals surface area contributed by atoms with Crippen molar-refractivity contribution < 1.29 is 28.2 Å². The summed E-state index contributed by atoms with van der Waals surface area (Å²) in [6, 6.07) is 11.0. The van der Waals surface area contributed by atoms with E-state index in [1.54, 1.807) is 30.3 Å². The number of nitrogens with one attached hydrogen (secondary N) is 1. The highest BCUT2D eigenvalue weighted by molar-refractivity contribution is 5.91. The molecule has 0 aliphatic rings. The Kier molecular flexibility index (Phi) is 7.61. The van der Waals surface area contributed by atoms with E-state index in [1.165, 1.54) is 19.2 Å². The highest BCUT2D eigenvalue weighted by Gasteiger charge is 2.08. The van der Waals surface area contributed by atoms with Crippen molar-refractivity contribution in [1.82, 2.24) is 0 Å². The van der Waals surface area contributed by atoms with Gasteiger partial charge in [0.05, 0.1) is 13.7 Å². The van der Waals surface area contributed by atoms with Gasteiger partial charge in [0.15, 0.2) is 6.61 Å². The molecule has 0 atom stereocenters. The van der Waals surface area contributed by atoms with Gasteiger partial charge in [0.25, 0.3) is 0 Å². The fourth-order valence-electron chi connectivity index (χ4n) is 2.26. The van der Waals surface area contributed by atoms with Crippen molar-refractivity contribution in [3.63, 3.8) is 0 Å². The minimum Gasteiger partial charge on any atom is -0.493 e. The number of methoxy groups -OCH3 is 1. The van der Waals surface area contributed by atoms with E-state index in [1.807, 2.05) is 6.92 Å². The van der Waals surface area contributed by atoms with Gasteiger partial charge < -0.3 is 19.5 Å². The van der Waals surface area contributed by atoms with Crippen molar-refractivity contribution in [2.24, 2.45) is 0 Å². The molecule has 6 nitrogen and oxygen atoms in total. The molecule has 0 heterocycles. The molecule has 2 rings (SSSR count). The predicted octanol–water partition coefficient (Wildman–Crippen LogP) is 3.48. The first-order chi connectivity index (χ1) is 13.0. The molecule has 0 aliphatic heterocycles. The third-order valence-electron chi connectivity index (χ3n) is 3.67. The van der Waals surface area contributed by atoms with Crippen LogP contribution in [0.25, 0.3) is 0 Å². The first-order valence-corrected chi connectivity index (χ1v) is 8.46. The Labute approximate surface area is 157 Å². The van der Waals surface area contributed by atoms with Gasteiger partial charge in [-0.1, -0.05) is 6.07 Å². The quantitative estimate of drug-likeness (QED) is 0.537. The number of esters is 1. The average molecular weight is 375 g/mol. The first kappa shape index (κ1) is 20.2. The molecule has 27 heavy (non-hydrogen) atoms. The SMILES string of the molecule is COC(=O)COc1ccc(NC(=O)CCCOc2cccc(F)c2)c(C)c1. The summed E-state index contributed by atoms with van der Waals surface area (Å²) in [5, 5.41) is 2.82. The molecule has 144 valence electrons. The van der Waals surface area contributed by atoms with Crippen molar-refractivity contribution in [2.75, 3.05) is 25.6 Å². The van der Waals surface area contributed by atoms with E-state index in [9.17, 15) is 14.0 Å². The van der Waals surface area contributed by atoms with Gasteiger partial charge in [-0.15, -0.1) is 0 Å². The van der Waals surface area contributed by atoms with Crippen LogP contribution in [-0.4, -0.2) is 32.2 Å². The number of carbonyl (C=O) groups is 2. The normalized spacial score (nSPS) is 10.2. The molecule has 7 heteroatoms. The van der Waals surface area contributed by atoms with Crippen LogP contribution < -0.4 is 14.8 Å². The highest BCUT2D eigenvalue weighted by atomic mass is 19.1. The lowest BCUT2D eigenvalue weighted by molar-refractivity contribution is -0.142. The summed E-state index contributed by atoms with van der Waals surface area (Å²) >= 11 is 0. The van der Waals surface area contributed by atoms with E-state index in [-0.39, 0.29) is 24.8 Å². The molecule has 0 aliphatic carbocycles. The van der Waals surface area contributed by atoms with Gasteiger partial charge >= 0.3 is 5.97 Å². The number of benzene rings is 2. The Morgan fingerprint density at radius 1 is 1.07 bits per heavy atom. The molecule has 0 saturated carbocycles. The summed E-state index contributed by atoms with van der Waals surface area (Å²) < 4.78 is 28.3. The number of ether oxygens (including phenoxy) is 3. The van der Waals surface area contributed by atoms with Crippen molar-refractivity contribution in [2.45, 2.75) is 19.8 Å². The predicted molar refractivity (Wildman–Crippen MR) is 98.4 cm³/mol. The minimum atomic E-state index is -0.467. The third-order valence-corrected chi connectivity index (χ3v) is 3.67.